The fourth-order valence-electron chi connectivity index (χ4n) is 3.20. The lowest BCUT2D eigenvalue weighted by atomic mass is 9.72. The number of hydrogen-bond acceptors (Lipinski definition) is 2. The minimum Gasteiger partial charge on any atom is -0.494 e. The molecule has 1 N–H and O–H groups in total. The van der Waals surface area contributed by atoms with E-state index in [0.717, 1.165) is 12.8 Å². The summed E-state index contributed by atoms with van der Waals surface area (Å²) in [7, 11) is 1.44. The molecule has 3 atom stereocenters. The lowest BCUT2D eigenvalue weighted by Crippen LogP contribution is -2.31. The van der Waals surface area contributed by atoms with E-state index in [4.69, 9.17) is 4.74 Å². The average Bonchev–Trinajstić information content (AvgIpc) is 2.41. The Morgan fingerprint density at radius 2 is 2.20 bits per heavy atom. The first kappa shape index (κ1) is 14.8. The van der Waals surface area contributed by atoms with E-state index >= 15 is 0 Å². The Balaban J connectivity index is 2.20. The molecule has 1 saturated carbocycles. The van der Waals surface area contributed by atoms with Gasteiger partial charge in [0.1, 0.15) is 0 Å². The number of benzene rings is 1. The summed E-state index contributed by atoms with van der Waals surface area (Å²) in [6.45, 7) is 2.13. The number of methoxy groups -OCH3 is 1. The van der Waals surface area contributed by atoms with Crippen molar-refractivity contribution in [3.05, 3.63) is 29.6 Å². The molecule has 2 rings (SSSR count). The van der Waals surface area contributed by atoms with Gasteiger partial charge < -0.3 is 9.84 Å². The molecule has 0 amide bonds. The summed E-state index contributed by atoms with van der Waals surface area (Å²) in [4.78, 5) is 11.4. The van der Waals surface area contributed by atoms with Crippen molar-refractivity contribution in [1.82, 2.24) is 0 Å². The molecule has 1 aromatic rings. The van der Waals surface area contributed by atoms with Crippen molar-refractivity contribution in [2.75, 3.05) is 7.11 Å². The van der Waals surface area contributed by atoms with Gasteiger partial charge in [0.2, 0.25) is 0 Å². The van der Waals surface area contributed by atoms with Gasteiger partial charge >= 0.3 is 5.97 Å². The molecule has 0 bridgehead atoms. The molecule has 1 aliphatic carbocycles. The zero-order valence-corrected chi connectivity index (χ0v) is 11.9. The summed E-state index contributed by atoms with van der Waals surface area (Å²) in [5.41, 5.74) is 0.551. The van der Waals surface area contributed by atoms with Crippen LogP contribution in [-0.2, 0) is 11.2 Å². The van der Waals surface area contributed by atoms with Crippen LogP contribution in [0.15, 0.2) is 18.2 Å². The Morgan fingerprint density at radius 3 is 2.85 bits per heavy atom. The Hall–Kier alpha value is -1.58. The van der Waals surface area contributed by atoms with Crippen LogP contribution in [-0.4, -0.2) is 18.2 Å². The number of halogens is 1. The standard InChI is InChI=1S/C16H21FO3/c1-10-6-7-13(16(18)19)12(8-10)9-11-4-3-5-14(20-2)15(11)17/h3-5,10,12-13H,6-9H2,1-2H3,(H,18,19). The normalized spacial score (nSPS) is 26.2. The van der Waals surface area contributed by atoms with Gasteiger partial charge in [-0.25, -0.2) is 4.39 Å². The quantitative estimate of drug-likeness (QED) is 0.918. The average molecular weight is 280 g/mol. The molecule has 3 nitrogen and oxygen atoms in total. The van der Waals surface area contributed by atoms with Gasteiger partial charge in [-0.05, 0) is 49.1 Å². The van der Waals surface area contributed by atoms with Crippen LogP contribution in [0, 0.1) is 23.6 Å². The molecule has 0 heterocycles. The van der Waals surface area contributed by atoms with E-state index in [1.807, 2.05) is 0 Å². The van der Waals surface area contributed by atoms with E-state index in [1.54, 1.807) is 18.2 Å². The molecule has 3 unspecified atom stereocenters. The maximum Gasteiger partial charge on any atom is 0.306 e. The third-order valence-electron chi connectivity index (χ3n) is 4.31. The van der Waals surface area contributed by atoms with E-state index in [1.165, 1.54) is 7.11 Å². The Labute approximate surface area is 118 Å². The van der Waals surface area contributed by atoms with Crippen LogP contribution in [0.4, 0.5) is 4.39 Å². The Morgan fingerprint density at radius 1 is 1.45 bits per heavy atom. The Bertz CT molecular complexity index is 487. The molecule has 0 spiro atoms. The molecule has 0 saturated heterocycles. The van der Waals surface area contributed by atoms with Crippen molar-refractivity contribution in [3.8, 4) is 5.75 Å². The van der Waals surface area contributed by atoms with Crippen molar-refractivity contribution in [3.63, 3.8) is 0 Å². The number of carboxylic acids is 1. The van der Waals surface area contributed by atoms with Gasteiger partial charge in [-0.1, -0.05) is 19.1 Å². The van der Waals surface area contributed by atoms with Gasteiger partial charge in [0.05, 0.1) is 13.0 Å². The van der Waals surface area contributed by atoms with Gasteiger partial charge in [-0.3, -0.25) is 4.79 Å². The predicted octanol–water partition coefficient (Wildman–Crippen LogP) is 3.51. The molecule has 110 valence electrons. The molecule has 0 radical (unpaired) electrons. The summed E-state index contributed by atoms with van der Waals surface area (Å²) in [6, 6.07) is 5.05. The summed E-state index contributed by atoms with van der Waals surface area (Å²) < 4.78 is 19.2. The van der Waals surface area contributed by atoms with Gasteiger partial charge in [0, 0.05) is 0 Å². The molecule has 1 aromatic carbocycles. The van der Waals surface area contributed by atoms with E-state index in [9.17, 15) is 14.3 Å². The van der Waals surface area contributed by atoms with E-state index in [0.29, 0.717) is 24.3 Å². The summed E-state index contributed by atoms with van der Waals surface area (Å²) in [5, 5.41) is 9.32. The number of rotatable bonds is 4. The van der Waals surface area contributed by atoms with Gasteiger partial charge in [-0.15, -0.1) is 0 Å². The second-order valence-electron chi connectivity index (χ2n) is 5.76. The van der Waals surface area contributed by atoms with Crippen molar-refractivity contribution in [2.24, 2.45) is 17.8 Å². The molecule has 20 heavy (non-hydrogen) atoms. The second kappa shape index (κ2) is 6.25. The topological polar surface area (TPSA) is 46.5 Å². The number of hydrogen-bond donors (Lipinski definition) is 1. The highest BCUT2D eigenvalue weighted by Gasteiger charge is 2.34. The van der Waals surface area contributed by atoms with Crippen molar-refractivity contribution < 1.29 is 19.0 Å². The first-order valence-electron chi connectivity index (χ1n) is 7.07. The molecule has 1 fully saturated rings. The van der Waals surface area contributed by atoms with Crippen LogP contribution >= 0.6 is 0 Å². The van der Waals surface area contributed by atoms with Crippen LogP contribution in [0.3, 0.4) is 0 Å². The third kappa shape index (κ3) is 3.11. The van der Waals surface area contributed by atoms with E-state index < -0.39 is 5.97 Å². The van der Waals surface area contributed by atoms with Crippen LogP contribution < -0.4 is 4.74 Å². The first-order chi connectivity index (χ1) is 9.52. The molecular weight excluding hydrogens is 259 g/mol. The van der Waals surface area contributed by atoms with Crippen LogP contribution in [0.25, 0.3) is 0 Å². The Kier molecular flexibility index (Phi) is 4.63. The summed E-state index contributed by atoms with van der Waals surface area (Å²) in [6.07, 6.45) is 2.93. The van der Waals surface area contributed by atoms with Crippen LogP contribution in [0.1, 0.15) is 31.7 Å². The lowest BCUT2D eigenvalue weighted by molar-refractivity contribution is -0.145. The summed E-state index contributed by atoms with van der Waals surface area (Å²) in [5.74, 6) is -0.764. The maximum atomic E-state index is 14.2. The highest BCUT2D eigenvalue weighted by Crippen LogP contribution is 2.37. The molecular formula is C16H21FO3. The maximum absolute atomic E-state index is 14.2. The number of carbonyl (C=O) groups is 1. The van der Waals surface area contributed by atoms with Crippen molar-refractivity contribution in [2.45, 2.75) is 32.6 Å². The minimum atomic E-state index is -0.759. The van der Waals surface area contributed by atoms with Gasteiger partial charge in [-0.2, -0.15) is 0 Å². The van der Waals surface area contributed by atoms with Gasteiger partial charge in [0.25, 0.3) is 0 Å². The van der Waals surface area contributed by atoms with E-state index in [2.05, 4.69) is 6.92 Å². The van der Waals surface area contributed by atoms with Crippen molar-refractivity contribution >= 4 is 5.97 Å². The first-order valence-corrected chi connectivity index (χ1v) is 7.07. The highest BCUT2D eigenvalue weighted by atomic mass is 19.1. The molecule has 0 aromatic heterocycles. The number of carboxylic acid groups (broad SMARTS) is 1. The van der Waals surface area contributed by atoms with E-state index in [-0.39, 0.29) is 23.4 Å². The fourth-order valence-corrected chi connectivity index (χ4v) is 3.20. The zero-order valence-electron chi connectivity index (χ0n) is 11.9. The zero-order chi connectivity index (χ0) is 14.7. The second-order valence-corrected chi connectivity index (χ2v) is 5.76. The largest absolute Gasteiger partial charge is 0.494 e. The third-order valence-corrected chi connectivity index (χ3v) is 4.31. The fraction of sp³-hybridized carbons (Fsp3) is 0.562. The molecule has 0 aliphatic heterocycles. The smallest absolute Gasteiger partial charge is 0.306 e. The number of aliphatic carboxylic acids is 1. The van der Waals surface area contributed by atoms with Crippen molar-refractivity contribution in [1.29, 1.82) is 0 Å². The summed E-state index contributed by atoms with van der Waals surface area (Å²) >= 11 is 0. The monoisotopic (exact) mass is 280 g/mol. The van der Waals surface area contributed by atoms with Crippen LogP contribution in [0.2, 0.25) is 0 Å². The van der Waals surface area contributed by atoms with Gasteiger partial charge in [0.15, 0.2) is 11.6 Å². The molecule has 1 aliphatic rings. The number of ether oxygens (including phenoxy) is 1. The lowest BCUT2D eigenvalue weighted by Gasteiger charge is -2.32. The predicted molar refractivity (Wildman–Crippen MR) is 74.3 cm³/mol. The highest BCUT2D eigenvalue weighted by molar-refractivity contribution is 5.70. The molecule has 4 heteroatoms. The minimum absolute atomic E-state index is 0.00199. The SMILES string of the molecule is COc1cccc(CC2CC(C)CCC2C(=O)O)c1F. The van der Waals surface area contributed by atoms with Crippen LogP contribution in [0.5, 0.6) is 5.75 Å².